The number of allylic oxidation sites excluding steroid dienone is 1. The first-order chi connectivity index (χ1) is 16.3. The van der Waals surface area contributed by atoms with E-state index in [1.54, 1.807) is 25.6 Å². The summed E-state index contributed by atoms with van der Waals surface area (Å²) in [5, 5.41) is 14.0. The normalized spacial score (nSPS) is 10.9. The number of aryl methyl sites for hydroxylation is 1. The van der Waals surface area contributed by atoms with Gasteiger partial charge in [-0.3, -0.25) is 14.8 Å². The predicted octanol–water partition coefficient (Wildman–Crippen LogP) is 4.67. The van der Waals surface area contributed by atoms with Crippen LogP contribution in [0.15, 0.2) is 72.4 Å². The maximum absolute atomic E-state index is 14.7. The van der Waals surface area contributed by atoms with Crippen molar-refractivity contribution in [3.63, 3.8) is 0 Å². The molecule has 1 amide bonds. The number of hydrogen-bond donors (Lipinski definition) is 3. The molecule has 2 heterocycles. The minimum absolute atomic E-state index is 0.121. The molecule has 34 heavy (non-hydrogen) atoms. The lowest BCUT2D eigenvalue weighted by Gasteiger charge is -2.15. The number of hydrazone groups is 1. The summed E-state index contributed by atoms with van der Waals surface area (Å²) in [7, 11) is 1.74. The number of carbonyl (C=O) groups is 1. The highest BCUT2D eigenvalue weighted by Gasteiger charge is 2.14. The molecule has 0 aliphatic carbocycles. The molecule has 10 heteroatoms. The molecule has 1 aromatic carbocycles. The van der Waals surface area contributed by atoms with Gasteiger partial charge in [0, 0.05) is 60.6 Å². The van der Waals surface area contributed by atoms with Gasteiger partial charge in [0.25, 0.3) is 0 Å². The van der Waals surface area contributed by atoms with Gasteiger partial charge in [0.15, 0.2) is 0 Å². The van der Waals surface area contributed by atoms with E-state index in [1.807, 2.05) is 26.0 Å². The molecule has 0 bridgehead atoms. The van der Waals surface area contributed by atoms with E-state index in [0.29, 0.717) is 22.8 Å². The van der Waals surface area contributed by atoms with Crippen molar-refractivity contribution < 1.29 is 9.18 Å². The third-order valence-corrected chi connectivity index (χ3v) is 4.60. The van der Waals surface area contributed by atoms with Crippen LogP contribution in [-0.4, -0.2) is 39.6 Å². The summed E-state index contributed by atoms with van der Waals surface area (Å²) in [6.45, 7) is 10.6. The van der Waals surface area contributed by atoms with Gasteiger partial charge >= 0.3 is 0 Å². The molecule has 2 aromatic heterocycles. The average Bonchev–Trinajstić information content (AvgIpc) is 2.82. The number of carbonyl (C=O) groups excluding carboxylic acids is 1. The second kappa shape index (κ2) is 10.8. The Morgan fingerprint density at radius 3 is 2.65 bits per heavy atom. The average molecular weight is 461 g/mol. The Morgan fingerprint density at radius 2 is 1.97 bits per heavy atom. The molecule has 0 saturated heterocycles. The Hall–Kier alpha value is -4.60. The Kier molecular flexibility index (Phi) is 7.65. The number of rotatable bonds is 9. The van der Waals surface area contributed by atoms with Crippen molar-refractivity contribution in [3.8, 4) is 11.1 Å². The highest BCUT2D eigenvalue weighted by molar-refractivity contribution is 5.99. The van der Waals surface area contributed by atoms with E-state index < -0.39 is 11.7 Å². The summed E-state index contributed by atoms with van der Waals surface area (Å²) in [5.74, 6) is -0.294. The lowest BCUT2D eigenvalue weighted by molar-refractivity contribution is -0.111. The summed E-state index contributed by atoms with van der Waals surface area (Å²) < 4.78 is 14.7. The second-order valence-electron chi connectivity index (χ2n) is 7.31. The lowest BCUT2D eigenvalue weighted by Crippen LogP contribution is -2.09. The molecule has 174 valence electrons. The topological polar surface area (TPSA) is 107 Å². The number of nitrogens with one attached hydrogen (secondary N) is 3. The van der Waals surface area contributed by atoms with Crippen LogP contribution in [0.4, 0.5) is 27.5 Å². The molecule has 0 fully saturated rings. The van der Waals surface area contributed by atoms with Crippen molar-refractivity contribution in [2.75, 3.05) is 23.0 Å². The van der Waals surface area contributed by atoms with E-state index in [2.05, 4.69) is 49.3 Å². The van der Waals surface area contributed by atoms with E-state index in [9.17, 15) is 9.18 Å². The van der Waals surface area contributed by atoms with Gasteiger partial charge in [-0.25, -0.2) is 9.37 Å². The SMILES string of the molecule is C=CC(=O)Nc1ccc(F)c(Nc2nc(N/C(C)=C/N(C)N=C)ncc2-c2ccc(C)nc2)c1. The molecule has 0 aliphatic heterocycles. The summed E-state index contributed by atoms with van der Waals surface area (Å²) in [4.78, 5) is 24.9. The van der Waals surface area contributed by atoms with Crippen LogP contribution in [0.1, 0.15) is 12.6 Å². The Bertz CT molecular complexity index is 1240. The van der Waals surface area contributed by atoms with Gasteiger partial charge in [0.2, 0.25) is 11.9 Å². The van der Waals surface area contributed by atoms with Gasteiger partial charge in [-0.1, -0.05) is 12.6 Å². The molecule has 3 N–H and O–H groups in total. The minimum Gasteiger partial charge on any atom is -0.337 e. The van der Waals surface area contributed by atoms with Crippen molar-refractivity contribution in [1.29, 1.82) is 0 Å². The first-order valence-corrected chi connectivity index (χ1v) is 10.2. The molecule has 0 aliphatic rings. The van der Waals surface area contributed by atoms with Crippen LogP contribution in [-0.2, 0) is 4.79 Å². The molecule has 3 rings (SSSR count). The maximum atomic E-state index is 14.7. The van der Waals surface area contributed by atoms with Crippen LogP contribution in [0, 0.1) is 12.7 Å². The first-order valence-electron chi connectivity index (χ1n) is 10.2. The highest BCUT2D eigenvalue weighted by atomic mass is 19.1. The van der Waals surface area contributed by atoms with Crippen molar-refractivity contribution in [2.24, 2.45) is 5.10 Å². The Balaban J connectivity index is 2.02. The number of nitrogens with zero attached hydrogens (tertiary/aromatic N) is 5. The lowest BCUT2D eigenvalue weighted by atomic mass is 10.1. The largest absolute Gasteiger partial charge is 0.337 e. The number of amides is 1. The molecule has 0 atom stereocenters. The third kappa shape index (κ3) is 6.22. The molecular formula is C24H25FN8O. The fraction of sp³-hybridized carbons (Fsp3) is 0.125. The maximum Gasteiger partial charge on any atom is 0.247 e. The van der Waals surface area contributed by atoms with Crippen LogP contribution < -0.4 is 16.0 Å². The number of halogens is 1. The minimum atomic E-state index is -0.521. The first kappa shape index (κ1) is 24.1. The molecule has 0 radical (unpaired) electrons. The monoisotopic (exact) mass is 460 g/mol. The third-order valence-electron chi connectivity index (χ3n) is 4.60. The van der Waals surface area contributed by atoms with Crippen molar-refractivity contribution in [3.05, 3.63) is 78.8 Å². The van der Waals surface area contributed by atoms with Gasteiger partial charge in [-0.2, -0.15) is 10.1 Å². The molecule has 0 spiro atoms. The highest BCUT2D eigenvalue weighted by Crippen LogP contribution is 2.31. The quantitative estimate of drug-likeness (QED) is 0.242. The van der Waals surface area contributed by atoms with Gasteiger partial charge in [0.1, 0.15) is 11.6 Å². The van der Waals surface area contributed by atoms with Gasteiger partial charge in [-0.05, 0) is 44.2 Å². The molecule has 0 saturated carbocycles. The fourth-order valence-corrected chi connectivity index (χ4v) is 2.93. The van der Waals surface area contributed by atoms with Gasteiger partial charge < -0.3 is 16.0 Å². The number of benzene rings is 1. The summed E-state index contributed by atoms with van der Waals surface area (Å²) in [6, 6.07) is 7.92. The summed E-state index contributed by atoms with van der Waals surface area (Å²) in [5.41, 5.74) is 3.46. The van der Waals surface area contributed by atoms with E-state index in [1.165, 1.54) is 23.2 Å². The van der Waals surface area contributed by atoms with E-state index in [4.69, 9.17) is 0 Å². The van der Waals surface area contributed by atoms with E-state index >= 15 is 0 Å². The second-order valence-corrected chi connectivity index (χ2v) is 7.31. The zero-order chi connectivity index (χ0) is 24.7. The standard InChI is InChI=1S/C24H25FN8O/c1-6-22(34)30-18-9-10-20(25)21(11-18)31-23-19(17-8-7-15(2)27-12-17)13-28-24(32-23)29-16(3)14-33(5)26-4/h6-14H,1,4H2,2-3,5H3,(H,30,34)(H2,28,29,31,32)/b16-14+. The van der Waals surface area contributed by atoms with Crippen molar-refractivity contribution in [1.82, 2.24) is 20.0 Å². The molecule has 0 unspecified atom stereocenters. The van der Waals surface area contributed by atoms with Crippen molar-refractivity contribution >= 4 is 35.8 Å². The summed E-state index contributed by atoms with van der Waals surface area (Å²) in [6.07, 6.45) is 6.16. The van der Waals surface area contributed by atoms with Crippen LogP contribution in [0.2, 0.25) is 0 Å². The predicted molar refractivity (Wildman–Crippen MR) is 133 cm³/mol. The van der Waals surface area contributed by atoms with Gasteiger partial charge in [-0.15, -0.1) is 0 Å². The van der Waals surface area contributed by atoms with Gasteiger partial charge in [0.05, 0.1) is 5.69 Å². The smallest absolute Gasteiger partial charge is 0.247 e. The van der Waals surface area contributed by atoms with Crippen LogP contribution in [0.25, 0.3) is 11.1 Å². The summed E-state index contributed by atoms with van der Waals surface area (Å²) >= 11 is 0. The van der Waals surface area contributed by atoms with E-state index in [-0.39, 0.29) is 11.6 Å². The Morgan fingerprint density at radius 1 is 1.18 bits per heavy atom. The number of hydrogen-bond acceptors (Lipinski definition) is 8. The van der Waals surface area contributed by atoms with E-state index in [0.717, 1.165) is 17.3 Å². The zero-order valence-corrected chi connectivity index (χ0v) is 19.1. The Labute approximate surface area is 197 Å². The molecule has 9 nitrogen and oxygen atoms in total. The number of aromatic nitrogens is 3. The molecule has 3 aromatic rings. The number of pyridine rings is 1. The number of anilines is 4. The van der Waals surface area contributed by atoms with Crippen LogP contribution in [0.5, 0.6) is 0 Å². The zero-order valence-electron chi connectivity index (χ0n) is 19.1. The van der Waals surface area contributed by atoms with Crippen LogP contribution >= 0.6 is 0 Å². The fourth-order valence-electron chi connectivity index (χ4n) is 2.93. The molecular weight excluding hydrogens is 435 g/mol. The van der Waals surface area contributed by atoms with Crippen molar-refractivity contribution in [2.45, 2.75) is 13.8 Å². The van der Waals surface area contributed by atoms with Crippen LogP contribution in [0.3, 0.4) is 0 Å².